The van der Waals surface area contributed by atoms with Crippen molar-refractivity contribution in [2.24, 2.45) is 5.73 Å². The highest BCUT2D eigenvalue weighted by molar-refractivity contribution is 6.30. The molecule has 4 aromatic carbocycles. The quantitative estimate of drug-likeness (QED) is 0.228. The Bertz CT molecular complexity index is 1560. The molecule has 0 amide bonds. The van der Waals surface area contributed by atoms with Gasteiger partial charge in [-0.05, 0) is 65.7 Å². The smallest absolute Gasteiger partial charge is 0.343 e. The van der Waals surface area contributed by atoms with E-state index < -0.39 is 17.7 Å². The molecule has 1 aliphatic heterocycles. The van der Waals surface area contributed by atoms with E-state index in [9.17, 15) is 14.4 Å². The molecule has 0 aliphatic carbocycles. The maximum atomic E-state index is 13.2. The molecule has 0 spiro atoms. The van der Waals surface area contributed by atoms with Crippen molar-refractivity contribution in [3.05, 3.63) is 136 Å². The summed E-state index contributed by atoms with van der Waals surface area (Å²) in [7, 11) is 0. The molecule has 1 aliphatic rings. The average Bonchev–Trinajstić information content (AvgIpc) is 2.92. The second-order valence-electron chi connectivity index (χ2n) is 8.51. The molecule has 38 heavy (non-hydrogen) atoms. The van der Waals surface area contributed by atoms with E-state index in [1.54, 1.807) is 24.3 Å². The highest BCUT2D eigenvalue weighted by Crippen LogP contribution is 2.43. The number of carbonyl (C=O) groups excluding carboxylic acids is 1. The van der Waals surface area contributed by atoms with Crippen LogP contribution in [0.1, 0.15) is 33.0 Å². The van der Waals surface area contributed by atoms with E-state index in [2.05, 4.69) is 6.07 Å². The first kappa shape index (κ1) is 24.9. The van der Waals surface area contributed by atoms with E-state index in [1.165, 1.54) is 30.3 Å². The van der Waals surface area contributed by atoms with Gasteiger partial charge < -0.3 is 19.9 Å². The van der Waals surface area contributed by atoms with Crippen LogP contribution in [0.2, 0.25) is 5.02 Å². The van der Waals surface area contributed by atoms with Crippen LogP contribution in [-0.2, 0) is 6.61 Å². The van der Waals surface area contributed by atoms with Crippen molar-refractivity contribution in [2.75, 3.05) is 0 Å². The summed E-state index contributed by atoms with van der Waals surface area (Å²) >= 11 is 5.93. The number of rotatable bonds is 6. The second kappa shape index (κ2) is 10.7. The zero-order chi connectivity index (χ0) is 26.6. The number of nitrogens with zero attached hydrogens (tertiary/aromatic N) is 1. The van der Waals surface area contributed by atoms with Crippen LogP contribution in [0.4, 0.5) is 4.39 Å². The van der Waals surface area contributed by atoms with Crippen molar-refractivity contribution in [2.45, 2.75) is 12.5 Å². The van der Waals surface area contributed by atoms with Crippen LogP contribution in [0.5, 0.6) is 17.2 Å². The van der Waals surface area contributed by atoms with Gasteiger partial charge in [-0.25, -0.2) is 9.18 Å². The van der Waals surface area contributed by atoms with Crippen molar-refractivity contribution in [3.63, 3.8) is 0 Å². The summed E-state index contributed by atoms with van der Waals surface area (Å²) < 4.78 is 30.2. The number of nitriles is 1. The van der Waals surface area contributed by atoms with Gasteiger partial charge in [0.1, 0.15) is 41.3 Å². The third kappa shape index (κ3) is 5.31. The van der Waals surface area contributed by atoms with Crippen molar-refractivity contribution in [1.29, 1.82) is 5.26 Å². The number of benzene rings is 4. The molecule has 5 rings (SSSR count). The van der Waals surface area contributed by atoms with Gasteiger partial charge in [0.2, 0.25) is 5.88 Å². The number of carbonyl (C=O) groups is 1. The minimum absolute atomic E-state index is 0.0323. The van der Waals surface area contributed by atoms with Crippen LogP contribution >= 0.6 is 11.6 Å². The molecule has 0 saturated carbocycles. The standard InChI is InChI=1S/C30H20ClFN2O4/c31-21-7-1-18(2-8-21)17-36-23-11-5-19(6-12-23)28-25-14-13-24(15-27(25)38-29(34)26(28)16-33)37-30(35)20-3-9-22(32)10-4-20/h1-15,28H,17,34H2. The number of ether oxygens (including phenoxy) is 3. The number of allylic oxidation sites excluding steroid dienone is 1. The lowest BCUT2D eigenvalue weighted by atomic mass is 9.83. The summed E-state index contributed by atoms with van der Waals surface area (Å²) in [5.74, 6) is -0.380. The molecule has 188 valence electrons. The number of esters is 1. The molecule has 0 fully saturated rings. The summed E-state index contributed by atoms with van der Waals surface area (Å²) in [4.78, 5) is 12.5. The number of halogens is 2. The van der Waals surface area contributed by atoms with Crippen LogP contribution in [-0.4, -0.2) is 5.97 Å². The minimum atomic E-state index is -0.646. The first-order chi connectivity index (χ1) is 18.4. The van der Waals surface area contributed by atoms with Crippen molar-refractivity contribution in [1.82, 2.24) is 0 Å². The van der Waals surface area contributed by atoms with Crippen molar-refractivity contribution < 1.29 is 23.4 Å². The van der Waals surface area contributed by atoms with Crippen molar-refractivity contribution >= 4 is 17.6 Å². The number of hydrogen-bond donors (Lipinski definition) is 1. The molecule has 0 aromatic heterocycles. The van der Waals surface area contributed by atoms with Gasteiger partial charge in [-0.2, -0.15) is 5.26 Å². The van der Waals surface area contributed by atoms with E-state index in [4.69, 9.17) is 31.5 Å². The molecule has 1 heterocycles. The number of hydrogen-bond acceptors (Lipinski definition) is 6. The largest absolute Gasteiger partial charge is 0.489 e. The fraction of sp³-hybridized carbons (Fsp3) is 0.0667. The summed E-state index contributed by atoms with van der Waals surface area (Å²) in [6, 6.07) is 26.8. The lowest BCUT2D eigenvalue weighted by Gasteiger charge is -2.26. The predicted molar refractivity (Wildman–Crippen MR) is 139 cm³/mol. The predicted octanol–water partition coefficient (Wildman–Crippen LogP) is 6.50. The molecule has 6 nitrogen and oxygen atoms in total. The van der Waals surface area contributed by atoms with E-state index >= 15 is 0 Å². The normalized spacial score (nSPS) is 14.2. The van der Waals surface area contributed by atoms with Crippen LogP contribution in [0.3, 0.4) is 0 Å². The van der Waals surface area contributed by atoms with Crippen LogP contribution in [0.25, 0.3) is 0 Å². The summed E-state index contributed by atoms with van der Waals surface area (Å²) in [5.41, 5.74) is 9.05. The molecule has 1 atom stereocenters. The fourth-order valence-corrected chi connectivity index (χ4v) is 4.22. The van der Waals surface area contributed by atoms with Gasteiger partial charge in [0.05, 0.1) is 11.5 Å². The van der Waals surface area contributed by atoms with Gasteiger partial charge in [0, 0.05) is 16.7 Å². The van der Waals surface area contributed by atoms with Gasteiger partial charge in [0.15, 0.2) is 0 Å². The molecule has 1 unspecified atom stereocenters. The maximum absolute atomic E-state index is 13.2. The molecular weight excluding hydrogens is 507 g/mol. The Morgan fingerprint density at radius 1 is 0.974 bits per heavy atom. The molecule has 0 saturated heterocycles. The SMILES string of the molecule is N#CC1=C(N)Oc2cc(OC(=O)c3ccc(F)cc3)ccc2C1c1ccc(OCc2ccc(Cl)cc2)cc1. The van der Waals surface area contributed by atoms with Crippen LogP contribution < -0.4 is 19.9 Å². The fourth-order valence-electron chi connectivity index (χ4n) is 4.10. The first-order valence-corrected chi connectivity index (χ1v) is 12.0. The Balaban J connectivity index is 1.37. The zero-order valence-electron chi connectivity index (χ0n) is 19.9. The number of nitrogens with two attached hydrogens (primary N) is 1. The Morgan fingerprint density at radius 3 is 2.34 bits per heavy atom. The van der Waals surface area contributed by atoms with Gasteiger partial charge in [-0.3, -0.25) is 0 Å². The third-order valence-electron chi connectivity index (χ3n) is 6.01. The molecular formula is C30H20ClFN2O4. The summed E-state index contributed by atoms with van der Waals surface area (Å²) in [6.45, 7) is 0.381. The van der Waals surface area contributed by atoms with Gasteiger partial charge in [0.25, 0.3) is 0 Å². The lowest BCUT2D eigenvalue weighted by molar-refractivity contribution is 0.0734. The van der Waals surface area contributed by atoms with Gasteiger partial charge in [-0.15, -0.1) is 0 Å². The summed E-state index contributed by atoms with van der Waals surface area (Å²) in [5, 5.41) is 10.5. The summed E-state index contributed by atoms with van der Waals surface area (Å²) in [6.07, 6.45) is 0. The molecule has 4 aromatic rings. The van der Waals surface area contributed by atoms with E-state index in [1.807, 2.05) is 36.4 Å². The lowest BCUT2D eigenvalue weighted by Crippen LogP contribution is -2.21. The number of fused-ring (bicyclic) bond motifs is 1. The van der Waals surface area contributed by atoms with Crippen molar-refractivity contribution in [3.8, 4) is 23.3 Å². The van der Waals surface area contributed by atoms with Crippen LogP contribution in [0.15, 0.2) is 102 Å². The van der Waals surface area contributed by atoms with E-state index in [0.29, 0.717) is 28.7 Å². The Hall–Kier alpha value is -4.80. The van der Waals surface area contributed by atoms with Gasteiger partial charge in [-0.1, -0.05) is 41.9 Å². The Kier molecular flexibility index (Phi) is 6.98. The second-order valence-corrected chi connectivity index (χ2v) is 8.94. The minimum Gasteiger partial charge on any atom is -0.489 e. The molecule has 8 heteroatoms. The maximum Gasteiger partial charge on any atom is 0.343 e. The highest BCUT2D eigenvalue weighted by atomic mass is 35.5. The van der Waals surface area contributed by atoms with E-state index in [-0.39, 0.29) is 22.8 Å². The highest BCUT2D eigenvalue weighted by Gasteiger charge is 2.31. The van der Waals surface area contributed by atoms with Gasteiger partial charge >= 0.3 is 5.97 Å². The molecule has 2 N–H and O–H groups in total. The third-order valence-corrected chi connectivity index (χ3v) is 6.27. The molecule has 0 bridgehead atoms. The van der Waals surface area contributed by atoms with Crippen LogP contribution in [0, 0.1) is 17.1 Å². The monoisotopic (exact) mass is 526 g/mol. The molecule has 0 radical (unpaired) electrons. The average molecular weight is 527 g/mol. The topological polar surface area (TPSA) is 94.6 Å². The van der Waals surface area contributed by atoms with E-state index in [0.717, 1.165) is 11.1 Å². The Morgan fingerprint density at radius 2 is 1.66 bits per heavy atom. The Labute approximate surface area is 223 Å². The first-order valence-electron chi connectivity index (χ1n) is 11.6. The zero-order valence-corrected chi connectivity index (χ0v) is 20.6.